The molecule has 4 nitrogen and oxygen atoms in total. The number of hydrogen-bond donors (Lipinski definition) is 1. The minimum Gasteiger partial charge on any atom is -0.492 e. The Bertz CT molecular complexity index is 509. The number of nitrogens with two attached hydrogens (primary N) is 1. The Hall–Kier alpha value is -1.07. The van der Waals surface area contributed by atoms with Crippen LogP contribution >= 0.6 is 0 Å². The van der Waals surface area contributed by atoms with E-state index in [4.69, 9.17) is 10.5 Å². The van der Waals surface area contributed by atoms with Gasteiger partial charge in [0, 0.05) is 11.8 Å². The molecule has 0 spiro atoms. The second-order valence-electron chi connectivity index (χ2n) is 4.88. The molecule has 108 valence electrons. The lowest BCUT2D eigenvalue weighted by molar-refractivity contribution is 0.336. The van der Waals surface area contributed by atoms with Gasteiger partial charge in [-0.25, -0.2) is 8.42 Å². The van der Waals surface area contributed by atoms with Gasteiger partial charge in [-0.05, 0) is 31.9 Å². The Morgan fingerprint density at radius 3 is 2.63 bits per heavy atom. The smallest absolute Gasteiger partial charge is 0.153 e. The average molecular weight is 285 g/mol. The molecule has 1 unspecified atom stereocenters. The Morgan fingerprint density at radius 1 is 1.37 bits per heavy atom. The third-order valence-electron chi connectivity index (χ3n) is 2.85. The quantitative estimate of drug-likeness (QED) is 0.828. The molecule has 0 aliphatic heterocycles. The van der Waals surface area contributed by atoms with Gasteiger partial charge in [-0.1, -0.05) is 24.6 Å². The summed E-state index contributed by atoms with van der Waals surface area (Å²) in [6, 6.07) is 5.91. The fourth-order valence-corrected chi connectivity index (χ4v) is 2.40. The van der Waals surface area contributed by atoms with Gasteiger partial charge >= 0.3 is 0 Å². The van der Waals surface area contributed by atoms with E-state index in [0.717, 1.165) is 23.3 Å². The van der Waals surface area contributed by atoms with Crippen LogP contribution in [0.1, 0.15) is 25.0 Å². The van der Waals surface area contributed by atoms with E-state index in [-0.39, 0.29) is 24.2 Å². The predicted molar refractivity (Wildman–Crippen MR) is 78.4 cm³/mol. The SMILES string of the molecule is CCS(=O)(=O)CCOc1ccc(C)cc1CC(C)N. The molecule has 0 amide bonds. The van der Waals surface area contributed by atoms with Crippen LogP contribution in [0.2, 0.25) is 0 Å². The Balaban J connectivity index is 2.72. The summed E-state index contributed by atoms with van der Waals surface area (Å²) >= 11 is 0. The third kappa shape index (κ3) is 5.61. The molecule has 0 bridgehead atoms. The highest BCUT2D eigenvalue weighted by molar-refractivity contribution is 7.91. The fraction of sp³-hybridized carbons (Fsp3) is 0.571. The van der Waals surface area contributed by atoms with E-state index in [1.165, 1.54) is 0 Å². The number of hydrogen-bond acceptors (Lipinski definition) is 4. The second kappa shape index (κ2) is 6.91. The van der Waals surface area contributed by atoms with E-state index >= 15 is 0 Å². The standard InChI is InChI=1S/C14H23NO3S/c1-4-19(16,17)8-7-18-14-6-5-11(2)9-13(14)10-12(3)15/h5-6,9,12H,4,7-8,10,15H2,1-3H3. The van der Waals surface area contributed by atoms with Gasteiger partial charge in [-0.15, -0.1) is 0 Å². The molecule has 5 heteroatoms. The third-order valence-corrected chi connectivity index (χ3v) is 4.52. The van der Waals surface area contributed by atoms with Crippen molar-refractivity contribution in [1.82, 2.24) is 0 Å². The number of rotatable bonds is 7. The lowest BCUT2D eigenvalue weighted by Gasteiger charge is -2.14. The van der Waals surface area contributed by atoms with Crippen molar-refractivity contribution < 1.29 is 13.2 Å². The largest absolute Gasteiger partial charge is 0.492 e. The van der Waals surface area contributed by atoms with Gasteiger partial charge in [-0.2, -0.15) is 0 Å². The van der Waals surface area contributed by atoms with E-state index in [2.05, 4.69) is 0 Å². The molecule has 1 aromatic rings. The Labute approximate surface area is 115 Å². The molecule has 0 fully saturated rings. The molecule has 0 heterocycles. The average Bonchev–Trinajstić information content (AvgIpc) is 2.31. The van der Waals surface area contributed by atoms with Crippen LogP contribution in [0.25, 0.3) is 0 Å². The second-order valence-corrected chi connectivity index (χ2v) is 7.35. The highest BCUT2D eigenvalue weighted by Crippen LogP contribution is 2.21. The number of ether oxygens (including phenoxy) is 1. The summed E-state index contributed by atoms with van der Waals surface area (Å²) in [5, 5.41) is 0. The zero-order valence-electron chi connectivity index (χ0n) is 11.8. The first-order valence-corrected chi connectivity index (χ1v) is 8.34. The van der Waals surface area contributed by atoms with Crippen LogP contribution in [0.4, 0.5) is 0 Å². The summed E-state index contributed by atoms with van der Waals surface area (Å²) in [7, 11) is -2.98. The Morgan fingerprint density at radius 2 is 2.05 bits per heavy atom. The molecule has 2 N–H and O–H groups in total. The lowest BCUT2D eigenvalue weighted by Crippen LogP contribution is -2.19. The van der Waals surface area contributed by atoms with Crippen LogP contribution in [0.5, 0.6) is 5.75 Å². The number of sulfone groups is 1. The molecule has 1 aromatic carbocycles. The molecular weight excluding hydrogens is 262 g/mol. The fourth-order valence-electron chi connectivity index (χ4n) is 1.78. The van der Waals surface area contributed by atoms with E-state index in [1.807, 2.05) is 32.0 Å². The van der Waals surface area contributed by atoms with Crippen molar-refractivity contribution in [3.8, 4) is 5.75 Å². The van der Waals surface area contributed by atoms with Crippen molar-refractivity contribution in [2.24, 2.45) is 5.73 Å². The zero-order chi connectivity index (χ0) is 14.5. The van der Waals surface area contributed by atoms with E-state index in [9.17, 15) is 8.42 Å². The van der Waals surface area contributed by atoms with Gasteiger partial charge in [0.25, 0.3) is 0 Å². The summed E-state index contributed by atoms with van der Waals surface area (Å²) < 4.78 is 28.4. The van der Waals surface area contributed by atoms with Gasteiger partial charge in [0.05, 0.1) is 5.75 Å². The molecule has 0 aromatic heterocycles. The normalized spacial score (nSPS) is 13.3. The van der Waals surface area contributed by atoms with Crippen LogP contribution in [0.3, 0.4) is 0 Å². The van der Waals surface area contributed by atoms with Gasteiger partial charge in [-0.3, -0.25) is 0 Å². The van der Waals surface area contributed by atoms with Crippen LogP contribution in [-0.2, 0) is 16.3 Å². The molecule has 0 saturated carbocycles. The highest BCUT2D eigenvalue weighted by Gasteiger charge is 2.10. The molecule has 1 atom stereocenters. The monoisotopic (exact) mass is 285 g/mol. The highest BCUT2D eigenvalue weighted by atomic mass is 32.2. The van der Waals surface area contributed by atoms with Gasteiger partial charge < -0.3 is 10.5 Å². The van der Waals surface area contributed by atoms with E-state index in [0.29, 0.717) is 0 Å². The van der Waals surface area contributed by atoms with Crippen molar-refractivity contribution in [2.75, 3.05) is 18.1 Å². The maximum atomic E-state index is 11.4. The van der Waals surface area contributed by atoms with Crippen molar-refractivity contribution in [2.45, 2.75) is 33.2 Å². The molecule has 0 aliphatic carbocycles. The van der Waals surface area contributed by atoms with Gasteiger partial charge in [0.15, 0.2) is 9.84 Å². The molecule has 0 saturated heterocycles. The van der Waals surface area contributed by atoms with Crippen LogP contribution < -0.4 is 10.5 Å². The molecule has 0 radical (unpaired) electrons. The van der Waals surface area contributed by atoms with Crippen LogP contribution in [0.15, 0.2) is 18.2 Å². The van der Waals surface area contributed by atoms with Crippen LogP contribution in [0, 0.1) is 6.92 Å². The van der Waals surface area contributed by atoms with E-state index < -0.39 is 9.84 Å². The van der Waals surface area contributed by atoms with Crippen molar-refractivity contribution in [3.05, 3.63) is 29.3 Å². The first-order chi connectivity index (χ1) is 8.84. The molecular formula is C14H23NO3S. The maximum Gasteiger partial charge on any atom is 0.153 e. The Kier molecular flexibility index (Phi) is 5.82. The van der Waals surface area contributed by atoms with Gasteiger partial charge in [0.1, 0.15) is 12.4 Å². The predicted octanol–water partition coefficient (Wildman–Crippen LogP) is 1.70. The minimum atomic E-state index is -2.98. The van der Waals surface area contributed by atoms with E-state index in [1.54, 1.807) is 6.92 Å². The van der Waals surface area contributed by atoms with Gasteiger partial charge in [0.2, 0.25) is 0 Å². The van der Waals surface area contributed by atoms with Crippen molar-refractivity contribution in [1.29, 1.82) is 0 Å². The first kappa shape index (κ1) is 16.0. The van der Waals surface area contributed by atoms with Crippen LogP contribution in [-0.4, -0.2) is 32.6 Å². The first-order valence-electron chi connectivity index (χ1n) is 6.52. The number of benzene rings is 1. The summed E-state index contributed by atoms with van der Waals surface area (Å²) in [5.74, 6) is 0.931. The lowest BCUT2D eigenvalue weighted by atomic mass is 10.0. The summed E-state index contributed by atoms with van der Waals surface area (Å²) in [6.07, 6.45) is 0.720. The van der Waals surface area contributed by atoms with Crippen molar-refractivity contribution >= 4 is 9.84 Å². The van der Waals surface area contributed by atoms with Crippen molar-refractivity contribution in [3.63, 3.8) is 0 Å². The zero-order valence-corrected chi connectivity index (χ0v) is 12.7. The topological polar surface area (TPSA) is 69.4 Å². The maximum absolute atomic E-state index is 11.4. The summed E-state index contributed by atoms with van der Waals surface area (Å²) in [4.78, 5) is 0. The summed E-state index contributed by atoms with van der Waals surface area (Å²) in [5.41, 5.74) is 7.99. The summed E-state index contributed by atoms with van der Waals surface area (Å²) in [6.45, 7) is 5.78. The number of aryl methyl sites for hydroxylation is 1. The minimum absolute atomic E-state index is 0.0449. The molecule has 1 rings (SSSR count). The molecule has 0 aliphatic rings. The molecule has 19 heavy (non-hydrogen) atoms.